The summed E-state index contributed by atoms with van der Waals surface area (Å²) >= 11 is 5.96. The van der Waals surface area contributed by atoms with Gasteiger partial charge in [0.05, 0.1) is 0 Å². The first-order valence-corrected chi connectivity index (χ1v) is 6.35. The van der Waals surface area contributed by atoms with E-state index in [0.29, 0.717) is 23.0 Å². The molecule has 1 heterocycles. The Morgan fingerprint density at radius 2 is 2.21 bits per heavy atom. The predicted molar refractivity (Wildman–Crippen MR) is 69.8 cm³/mol. The third kappa shape index (κ3) is 3.04. The van der Waals surface area contributed by atoms with Crippen LogP contribution < -0.4 is 5.76 Å². The van der Waals surface area contributed by atoms with Crippen molar-refractivity contribution in [3.05, 3.63) is 51.0 Å². The van der Waals surface area contributed by atoms with Crippen LogP contribution in [0.3, 0.4) is 0 Å². The van der Waals surface area contributed by atoms with Crippen LogP contribution in [0.15, 0.2) is 27.5 Å². The highest BCUT2D eigenvalue weighted by molar-refractivity contribution is 6.31. The lowest BCUT2D eigenvalue weighted by Gasteiger charge is -2.08. The first-order chi connectivity index (χ1) is 8.99. The average Bonchev–Trinajstić information content (AvgIpc) is 2.66. The van der Waals surface area contributed by atoms with Crippen LogP contribution in [0.2, 0.25) is 5.02 Å². The second-order valence-corrected chi connectivity index (χ2v) is 5.15. The first kappa shape index (κ1) is 13.8. The van der Waals surface area contributed by atoms with Gasteiger partial charge in [-0.1, -0.05) is 36.7 Å². The molecule has 0 radical (unpaired) electrons. The summed E-state index contributed by atoms with van der Waals surface area (Å²) in [5.74, 6) is -0.312. The molecule has 0 N–H and O–H groups in total. The lowest BCUT2D eigenvalue weighted by Crippen LogP contribution is -2.20. The highest BCUT2D eigenvalue weighted by atomic mass is 35.5. The van der Waals surface area contributed by atoms with Crippen molar-refractivity contribution in [1.82, 2.24) is 9.72 Å². The summed E-state index contributed by atoms with van der Waals surface area (Å²) in [7, 11) is 0. The van der Waals surface area contributed by atoms with Crippen molar-refractivity contribution in [2.75, 3.05) is 0 Å². The molecule has 0 unspecified atom stereocenters. The molecule has 102 valence electrons. The molecule has 0 aliphatic carbocycles. The lowest BCUT2D eigenvalue weighted by atomic mass is 10.1. The molecule has 2 rings (SSSR count). The molecular formula is C13H14ClFN2O2. The van der Waals surface area contributed by atoms with Crippen molar-refractivity contribution < 1.29 is 8.91 Å². The maximum Gasteiger partial charge on any atom is 0.441 e. The maximum atomic E-state index is 13.7. The molecule has 6 heteroatoms. The van der Waals surface area contributed by atoms with Gasteiger partial charge in [0.1, 0.15) is 5.82 Å². The van der Waals surface area contributed by atoms with Crippen LogP contribution in [0, 0.1) is 11.7 Å². The van der Waals surface area contributed by atoms with E-state index in [-0.39, 0.29) is 12.3 Å². The average molecular weight is 285 g/mol. The lowest BCUT2D eigenvalue weighted by molar-refractivity contribution is 0.367. The summed E-state index contributed by atoms with van der Waals surface area (Å²) in [6.45, 7) is 4.42. The van der Waals surface area contributed by atoms with Gasteiger partial charge in [-0.3, -0.25) is 9.09 Å². The van der Waals surface area contributed by atoms with E-state index in [4.69, 9.17) is 11.6 Å². The van der Waals surface area contributed by atoms with E-state index in [1.165, 1.54) is 16.7 Å². The van der Waals surface area contributed by atoms with Crippen molar-refractivity contribution in [1.29, 1.82) is 0 Å². The minimum atomic E-state index is -0.531. The molecule has 0 amide bonds. The summed E-state index contributed by atoms with van der Waals surface area (Å²) in [4.78, 5) is 11.5. The van der Waals surface area contributed by atoms with Gasteiger partial charge in [0.2, 0.25) is 0 Å². The van der Waals surface area contributed by atoms with Gasteiger partial charge in [-0.05, 0) is 18.1 Å². The smallest absolute Gasteiger partial charge is 0.296 e. The number of benzene rings is 1. The topological polar surface area (TPSA) is 48.0 Å². The maximum absolute atomic E-state index is 13.7. The highest BCUT2D eigenvalue weighted by Gasteiger charge is 2.16. The Balaban J connectivity index is 2.36. The molecule has 19 heavy (non-hydrogen) atoms. The fourth-order valence-corrected chi connectivity index (χ4v) is 2.06. The zero-order valence-electron chi connectivity index (χ0n) is 10.7. The molecule has 0 aliphatic heterocycles. The van der Waals surface area contributed by atoms with Crippen LogP contribution >= 0.6 is 11.6 Å². The van der Waals surface area contributed by atoms with E-state index < -0.39 is 11.6 Å². The van der Waals surface area contributed by atoms with Gasteiger partial charge >= 0.3 is 5.76 Å². The molecule has 2 aromatic rings. The standard InChI is InChI=1S/C13H14ClFN2O2/c1-8(2)7-17-12(16-19-13(17)18)6-9-10(14)4-3-5-11(9)15/h3-5,8H,6-7H2,1-2H3. The summed E-state index contributed by atoms with van der Waals surface area (Å²) < 4.78 is 19.8. The Labute approximate surface area is 114 Å². The van der Waals surface area contributed by atoms with Crippen molar-refractivity contribution >= 4 is 11.6 Å². The molecule has 0 spiro atoms. The molecule has 0 bridgehead atoms. The second kappa shape index (κ2) is 5.57. The molecule has 4 nitrogen and oxygen atoms in total. The highest BCUT2D eigenvalue weighted by Crippen LogP contribution is 2.21. The number of halogens is 2. The van der Waals surface area contributed by atoms with Crippen LogP contribution in [0.1, 0.15) is 25.2 Å². The number of rotatable bonds is 4. The predicted octanol–water partition coefficient (Wildman–Crippen LogP) is 2.88. The van der Waals surface area contributed by atoms with Crippen LogP contribution in [0.25, 0.3) is 0 Å². The molecule has 1 aromatic carbocycles. The van der Waals surface area contributed by atoms with Crippen molar-refractivity contribution in [2.45, 2.75) is 26.8 Å². The zero-order valence-corrected chi connectivity index (χ0v) is 11.4. The van der Waals surface area contributed by atoms with Crippen molar-refractivity contribution in [3.63, 3.8) is 0 Å². The second-order valence-electron chi connectivity index (χ2n) is 4.75. The quantitative estimate of drug-likeness (QED) is 0.867. The Bertz CT molecular complexity index is 614. The van der Waals surface area contributed by atoms with E-state index in [1.54, 1.807) is 6.07 Å². The summed E-state index contributed by atoms with van der Waals surface area (Å²) in [5.41, 5.74) is 0.315. The van der Waals surface area contributed by atoms with Gasteiger partial charge in [-0.2, -0.15) is 0 Å². The first-order valence-electron chi connectivity index (χ1n) is 5.97. The van der Waals surface area contributed by atoms with Crippen LogP contribution in [0.5, 0.6) is 0 Å². The van der Waals surface area contributed by atoms with E-state index >= 15 is 0 Å². The third-order valence-electron chi connectivity index (χ3n) is 2.71. The molecule has 0 fully saturated rings. The van der Waals surface area contributed by atoms with Crippen molar-refractivity contribution in [3.8, 4) is 0 Å². The molecule has 0 aliphatic rings. The summed E-state index contributed by atoms with van der Waals surface area (Å²) in [6.07, 6.45) is 0.129. The fraction of sp³-hybridized carbons (Fsp3) is 0.385. The van der Waals surface area contributed by atoms with E-state index in [1.807, 2.05) is 13.8 Å². The summed E-state index contributed by atoms with van der Waals surface area (Å²) in [6, 6.07) is 4.46. The monoisotopic (exact) mass is 284 g/mol. The van der Waals surface area contributed by atoms with Crippen LogP contribution in [-0.2, 0) is 13.0 Å². The van der Waals surface area contributed by atoms with Crippen molar-refractivity contribution in [2.24, 2.45) is 5.92 Å². The molecular weight excluding hydrogens is 271 g/mol. The minimum absolute atomic E-state index is 0.129. The summed E-state index contributed by atoms with van der Waals surface area (Å²) in [5, 5.41) is 4.01. The van der Waals surface area contributed by atoms with Crippen LogP contribution in [0.4, 0.5) is 4.39 Å². The molecule has 1 aromatic heterocycles. The van der Waals surface area contributed by atoms with Gasteiger partial charge in [0, 0.05) is 23.6 Å². The fourth-order valence-electron chi connectivity index (χ4n) is 1.83. The Kier molecular flexibility index (Phi) is 4.04. The van der Waals surface area contributed by atoms with Gasteiger partial charge in [-0.15, -0.1) is 0 Å². The van der Waals surface area contributed by atoms with Gasteiger partial charge in [-0.25, -0.2) is 9.18 Å². The number of aromatic nitrogens is 2. The molecule has 0 atom stereocenters. The number of hydrogen-bond donors (Lipinski definition) is 0. The minimum Gasteiger partial charge on any atom is -0.296 e. The Hall–Kier alpha value is -1.62. The van der Waals surface area contributed by atoms with Crippen LogP contribution in [-0.4, -0.2) is 9.72 Å². The van der Waals surface area contributed by atoms with Gasteiger partial charge < -0.3 is 0 Å². The van der Waals surface area contributed by atoms with Gasteiger partial charge in [0.25, 0.3) is 0 Å². The number of nitrogens with zero attached hydrogens (tertiary/aromatic N) is 2. The van der Waals surface area contributed by atoms with E-state index in [9.17, 15) is 9.18 Å². The normalized spacial score (nSPS) is 11.2. The Morgan fingerprint density at radius 1 is 1.47 bits per heavy atom. The largest absolute Gasteiger partial charge is 0.441 e. The van der Waals surface area contributed by atoms with Gasteiger partial charge in [0.15, 0.2) is 5.82 Å². The third-order valence-corrected chi connectivity index (χ3v) is 3.06. The molecule has 0 saturated carbocycles. The van der Waals surface area contributed by atoms with E-state index in [0.717, 1.165) is 0 Å². The van der Waals surface area contributed by atoms with E-state index in [2.05, 4.69) is 9.68 Å². The zero-order chi connectivity index (χ0) is 14.0. The Morgan fingerprint density at radius 3 is 2.84 bits per heavy atom. The molecule has 0 saturated heterocycles. The number of hydrogen-bond acceptors (Lipinski definition) is 3. The SMILES string of the molecule is CC(C)Cn1c(Cc2c(F)cccc2Cl)noc1=O.